The molecule has 9 rings (SSSR count). The molecular formula is C36H52O9. The highest BCUT2D eigenvalue weighted by Gasteiger charge is 2.64. The van der Waals surface area contributed by atoms with E-state index in [1.54, 1.807) is 0 Å². The number of carbonyl (C=O) groups is 1. The number of hydrogen-bond donors (Lipinski definition) is 2. The zero-order valence-corrected chi connectivity index (χ0v) is 26.7. The van der Waals surface area contributed by atoms with Crippen molar-refractivity contribution in [2.75, 3.05) is 13.2 Å². The molecule has 0 radical (unpaired) electrons. The minimum absolute atomic E-state index is 0.0169. The van der Waals surface area contributed by atoms with Gasteiger partial charge in [0.25, 0.3) is 0 Å². The molecule has 8 aliphatic heterocycles. The lowest BCUT2D eigenvalue weighted by atomic mass is 9.60. The van der Waals surface area contributed by atoms with Crippen LogP contribution in [0.5, 0.6) is 0 Å². The maximum absolute atomic E-state index is 13.1. The summed E-state index contributed by atoms with van der Waals surface area (Å²) in [6.07, 6.45) is 6.37. The van der Waals surface area contributed by atoms with Crippen LogP contribution >= 0.6 is 0 Å². The van der Waals surface area contributed by atoms with Gasteiger partial charge >= 0.3 is 0 Å². The van der Waals surface area contributed by atoms with Crippen LogP contribution in [-0.2, 0) is 33.2 Å². The van der Waals surface area contributed by atoms with Crippen molar-refractivity contribution in [3.05, 3.63) is 24.3 Å². The van der Waals surface area contributed by atoms with Crippen LogP contribution in [0, 0.1) is 29.6 Å². The number of Topliss-reactive ketones (excluding diaryl/α,β-unsaturated/α-hetero) is 1. The van der Waals surface area contributed by atoms with Crippen molar-refractivity contribution in [2.24, 2.45) is 29.6 Å². The average molecular weight is 629 g/mol. The summed E-state index contributed by atoms with van der Waals surface area (Å²) in [5.74, 6) is -1.45. The van der Waals surface area contributed by atoms with E-state index in [4.69, 9.17) is 28.4 Å². The van der Waals surface area contributed by atoms with E-state index in [1.165, 1.54) is 0 Å². The highest BCUT2D eigenvalue weighted by atomic mass is 16.7. The van der Waals surface area contributed by atoms with E-state index in [-0.39, 0.29) is 96.7 Å². The second-order valence-corrected chi connectivity index (χ2v) is 15.7. The molecule has 2 N–H and O–H groups in total. The van der Waals surface area contributed by atoms with Crippen LogP contribution in [0.15, 0.2) is 24.3 Å². The number of fused-ring (bicyclic) bond motifs is 8. The predicted octanol–water partition coefficient (Wildman–Crippen LogP) is 4.03. The summed E-state index contributed by atoms with van der Waals surface area (Å²) in [5.41, 5.74) is 2.09. The van der Waals surface area contributed by atoms with E-state index >= 15 is 0 Å². The largest absolute Gasteiger partial charge is 0.393 e. The summed E-state index contributed by atoms with van der Waals surface area (Å²) < 4.78 is 38.8. The Balaban J connectivity index is 1.05. The average Bonchev–Trinajstić information content (AvgIpc) is 3.55. The van der Waals surface area contributed by atoms with E-state index in [0.29, 0.717) is 25.9 Å². The van der Waals surface area contributed by atoms with Crippen molar-refractivity contribution in [3.8, 4) is 0 Å². The number of carbonyl (C=O) groups excluding carboxylic acids is 1. The predicted molar refractivity (Wildman–Crippen MR) is 163 cm³/mol. The van der Waals surface area contributed by atoms with Crippen molar-refractivity contribution in [1.29, 1.82) is 0 Å². The van der Waals surface area contributed by atoms with Gasteiger partial charge in [0.05, 0.1) is 61.5 Å². The lowest BCUT2D eigenvalue weighted by Gasteiger charge is -2.62. The number of ether oxygens (including phenoxy) is 6. The van der Waals surface area contributed by atoms with Crippen molar-refractivity contribution >= 4 is 5.78 Å². The standard InChI is InChI=1S/C36H52O9/c1-18-10-25-14-29(26-13-23(41-17-19(26)2)4-6-31(18)42-25)36(39)16-30(38)27-15-28-33(27)44-32-7-5-24(43-35(32)34(28)45-36)12-22(37)11-21-8-9-40-20(21)3/h20-21,23-35,38-39H,1-2,4-17H2,3H3/t20-,21-,23-,24+,25+,26+,27?,28?,29?,30+,31-,32-,33?,34+,35-,36+/m0/s1. The Kier molecular flexibility index (Phi) is 8.34. The molecule has 0 amide bonds. The van der Waals surface area contributed by atoms with Gasteiger partial charge in [0, 0.05) is 43.6 Å². The van der Waals surface area contributed by atoms with Gasteiger partial charge in [0.15, 0.2) is 5.79 Å². The second kappa shape index (κ2) is 12.1. The van der Waals surface area contributed by atoms with Crippen LogP contribution in [0.2, 0.25) is 0 Å². The third kappa shape index (κ3) is 5.71. The van der Waals surface area contributed by atoms with Gasteiger partial charge in [-0.15, -0.1) is 0 Å². The second-order valence-electron chi connectivity index (χ2n) is 15.7. The van der Waals surface area contributed by atoms with Gasteiger partial charge in [-0.05, 0) is 87.7 Å². The third-order valence-corrected chi connectivity index (χ3v) is 12.9. The molecule has 8 heterocycles. The fourth-order valence-corrected chi connectivity index (χ4v) is 10.3. The minimum atomic E-state index is -1.60. The molecule has 1 saturated carbocycles. The molecule has 0 aromatic carbocycles. The summed E-state index contributed by atoms with van der Waals surface area (Å²) in [4.78, 5) is 13.1. The topological polar surface area (TPSA) is 113 Å². The summed E-state index contributed by atoms with van der Waals surface area (Å²) >= 11 is 0. The monoisotopic (exact) mass is 628 g/mol. The Bertz CT molecular complexity index is 1170. The fourth-order valence-electron chi connectivity index (χ4n) is 10.3. The molecule has 0 aromatic rings. The molecule has 4 unspecified atom stereocenters. The first-order valence-electron chi connectivity index (χ1n) is 17.8. The van der Waals surface area contributed by atoms with Gasteiger partial charge in [-0.3, -0.25) is 4.79 Å². The highest BCUT2D eigenvalue weighted by molar-refractivity contribution is 5.79. The Morgan fingerprint density at radius 3 is 2.58 bits per heavy atom. The highest BCUT2D eigenvalue weighted by Crippen LogP contribution is 2.56. The van der Waals surface area contributed by atoms with Crippen LogP contribution in [0.4, 0.5) is 0 Å². The molecule has 9 heteroatoms. The van der Waals surface area contributed by atoms with Crippen LogP contribution in [0.1, 0.15) is 84.0 Å². The first-order valence-corrected chi connectivity index (χ1v) is 17.8. The number of aliphatic hydroxyl groups is 2. The number of rotatable bonds is 5. The van der Waals surface area contributed by atoms with Gasteiger partial charge < -0.3 is 38.6 Å². The normalized spacial score (nSPS) is 52.7. The third-order valence-electron chi connectivity index (χ3n) is 12.9. The van der Waals surface area contributed by atoms with Crippen LogP contribution in [0.3, 0.4) is 0 Å². The molecule has 0 spiro atoms. The van der Waals surface area contributed by atoms with Crippen LogP contribution < -0.4 is 0 Å². The van der Waals surface area contributed by atoms with E-state index in [9.17, 15) is 15.0 Å². The molecule has 9 nitrogen and oxygen atoms in total. The maximum Gasteiger partial charge on any atom is 0.171 e. The van der Waals surface area contributed by atoms with Crippen molar-refractivity contribution in [1.82, 2.24) is 0 Å². The van der Waals surface area contributed by atoms with E-state index in [2.05, 4.69) is 20.1 Å². The zero-order chi connectivity index (χ0) is 31.0. The maximum atomic E-state index is 13.1. The van der Waals surface area contributed by atoms with Gasteiger partial charge in [0.1, 0.15) is 11.9 Å². The van der Waals surface area contributed by atoms with Gasteiger partial charge in [-0.2, -0.15) is 0 Å². The lowest BCUT2D eigenvalue weighted by molar-refractivity contribution is -0.382. The van der Waals surface area contributed by atoms with Crippen molar-refractivity contribution < 1.29 is 43.4 Å². The number of ketones is 1. The Hall–Kier alpha value is -1.17. The van der Waals surface area contributed by atoms with E-state index in [0.717, 1.165) is 69.1 Å². The molecule has 8 bridgehead atoms. The molecule has 250 valence electrons. The minimum Gasteiger partial charge on any atom is -0.393 e. The van der Waals surface area contributed by atoms with Crippen molar-refractivity contribution in [2.45, 2.75) is 151 Å². The van der Waals surface area contributed by atoms with Crippen LogP contribution in [0.25, 0.3) is 0 Å². The summed E-state index contributed by atoms with van der Waals surface area (Å²) in [7, 11) is 0. The summed E-state index contributed by atoms with van der Waals surface area (Å²) in [5, 5.41) is 24.4. The molecule has 1 aliphatic carbocycles. The Morgan fingerprint density at radius 2 is 1.76 bits per heavy atom. The first kappa shape index (κ1) is 31.1. The molecule has 45 heavy (non-hydrogen) atoms. The zero-order valence-electron chi connectivity index (χ0n) is 26.7. The summed E-state index contributed by atoms with van der Waals surface area (Å²) in [6.45, 7) is 12.0. The molecule has 9 aliphatic rings. The SMILES string of the molecule is C=C1C[C@@H]2CC([C@@]3(O)C[C@@H](O)C4CC5C4O[C@H]4CC[C@H](CC(=O)C[C@@H]6CCO[C@H]6C)O[C@@H]4[C@@H]5O3)[C@@H]3C[C@H](CC[C@@H]1O2)OCC3=C. The smallest absolute Gasteiger partial charge is 0.171 e. The van der Waals surface area contributed by atoms with Crippen LogP contribution in [-0.4, -0.2) is 96.0 Å². The van der Waals surface area contributed by atoms with Gasteiger partial charge in [0.2, 0.25) is 0 Å². The molecule has 8 saturated heterocycles. The first-order chi connectivity index (χ1) is 21.6. The Labute approximate surface area is 267 Å². The number of hydrogen-bond acceptors (Lipinski definition) is 9. The fraction of sp³-hybridized carbons (Fsp3) is 0.861. The molecule has 9 fully saturated rings. The Morgan fingerprint density at radius 1 is 0.889 bits per heavy atom. The quantitative estimate of drug-likeness (QED) is 0.436. The molecular weight excluding hydrogens is 576 g/mol. The molecule has 0 aromatic heterocycles. The van der Waals surface area contributed by atoms with Gasteiger partial charge in [-0.25, -0.2) is 0 Å². The van der Waals surface area contributed by atoms with Crippen molar-refractivity contribution in [3.63, 3.8) is 0 Å². The molecule has 16 atom stereocenters. The lowest BCUT2D eigenvalue weighted by Crippen LogP contribution is -2.71. The summed E-state index contributed by atoms with van der Waals surface area (Å²) in [6, 6.07) is 0. The van der Waals surface area contributed by atoms with E-state index < -0.39 is 11.9 Å². The van der Waals surface area contributed by atoms with E-state index in [1.807, 2.05) is 0 Å². The van der Waals surface area contributed by atoms with Gasteiger partial charge in [-0.1, -0.05) is 13.2 Å². The number of aliphatic hydroxyl groups excluding tert-OH is 1.